The van der Waals surface area contributed by atoms with E-state index in [1.807, 2.05) is 6.92 Å². The first-order chi connectivity index (χ1) is 13.0. The fourth-order valence-corrected chi connectivity index (χ4v) is 6.65. The zero-order chi connectivity index (χ0) is 18.6. The van der Waals surface area contributed by atoms with Crippen molar-refractivity contribution in [3.8, 4) is 0 Å². The number of ether oxygens (including phenoxy) is 3. The molecule has 6 rings (SSSR count). The van der Waals surface area contributed by atoms with E-state index in [4.69, 9.17) is 24.0 Å². The Kier molecular flexibility index (Phi) is 4.84. The van der Waals surface area contributed by atoms with Crippen LogP contribution >= 0.6 is 0 Å². The van der Waals surface area contributed by atoms with Crippen molar-refractivity contribution in [3.63, 3.8) is 0 Å². The van der Waals surface area contributed by atoms with Crippen LogP contribution in [0.25, 0.3) is 0 Å². The quantitative estimate of drug-likeness (QED) is 0.659. The molecule has 6 fully saturated rings. The number of hydrogen-bond donors (Lipinski definition) is 0. The summed E-state index contributed by atoms with van der Waals surface area (Å²) in [5, 5.41) is 0. The first-order valence-electron chi connectivity index (χ1n) is 11.3. The van der Waals surface area contributed by atoms with Crippen LogP contribution in [0.1, 0.15) is 78.6 Å². The van der Waals surface area contributed by atoms with Gasteiger partial charge < -0.3 is 14.2 Å². The Hall–Kier alpha value is -0.200. The average Bonchev–Trinajstić information content (AvgIpc) is 2.90. The first-order valence-corrected chi connectivity index (χ1v) is 11.3. The van der Waals surface area contributed by atoms with Gasteiger partial charge in [-0.1, -0.05) is 33.1 Å². The van der Waals surface area contributed by atoms with Crippen molar-refractivity contribution in [2.45, 2.75) is 103 Å². The van der Waals surface area contributed by atoms with Crippen molar-refractivity contribution in [1.29, 1.82) is 0 Å². The Bertz CT molecular complexity index is 549. The van der Waals surface area contributed by atoms with Gasteiger partial charge in [-0.05, 0) is 56.8 Å². The highest BCUT2D eigenvalue weighted by molar-refractivity contribution is 5.09. The van der Waals surface area contributed by atoms with Gasteiger partial charge in [-0.15, -0.1) is 0 Å². The molecule has 4 saturated heterocycles. The monoisotopic (exact) mass is 380 g/mol. The van der Waals surface area contributed by atoms with Crippen LogP contribution in [0, 0.1) is 29.6 Å². The Balaban J connectivity index is 1.38. The third kappa shape index (κ3) is 3.00. The third-order valence-electron chi connectivity index (χ3n) is 8.32. The Labute approximate surface area is 163 Å². The zero-order valence-electron chi connectivity index (χ0n) is 17.2. The van der Waals surface area contributed by atoms with Gasteiger partial charge in [0.05, 0.1) is 6.61 Å². The molecule has 5 heteroatoms. The SMILES string of the molecule is C[C@H]1C(OCC2CCCCC2)O[C@@H]2O[C@@]3(C)CCC4[C@H](C)CCC1[C@]42OO3. The minimum absolute atomic E-state index is 0.201. The molecule has 0 aromatic rings. The second-order valence-electron chi connectivity index (χ2n) is 10.1. The van der Waals surface area contributed by atoms with Crippen LogP contribution in [-0.4, -0.2) is 30.6 Å². The summed E-state index contributed by atoms with van der Waals surface area (Å²) in [6.45, 7) is 7.43. The summed E-state index contributed by atoms with van der Waals surface area (Å²) in [6.07, 6.45) is 10.4. The lowest BCUT2D eigenvalue weighted by Crippen LogP contribution is -2.70. The predicted molar refractivity (Wildman–Crippen MR) is 99.4 cm³/mol. The highest BCUT2D eigenvalue weighted by atomic mass is 17.3. The van der Waals surface area contributed by atoms with E-state index in [1.165, 1.54) is 38.5 Å². The van der Waals surface area contributed by atoms with Gasteiger partial charge in [0.25, 0.3) is 0 Å². The van der Waals surface area contributed by atoms with E-state index in [2.05, 4.69) is 13.8 Å². The summed E-state index contributed by atoms with van der Waals surface area (Å²) < 4.78 is 19.3. The molecule has 27 heavy (non-hydrogen) atoms. The van der Waals surface area contributed by atoms with Gasteiger partial charge in [0.1, 0.15) is 0 Å². The topological polar surface area (TPSA) is 46.2 Å². The van der Waals surface area contributed by atoms with E-state index in [0.717, 1.165) is 25.9 Å². The second kappa shape index (κ2) is 6.94. The normalized spacial score (nSPS) is 53.0. The maximum absolute atomic E-state index is 6.50. The molecule has 3 unspecified atom stereocenters. The van der Waals surface area contributed by atoms with Crippen LogP contribution in [-0.2, 0) is 24.0 Å². The van der Waals surface area contributed by atoms with Crippen molar-refractivity contribution >= 4 is 0 Å². The van der Waals surface area contributed by atoms with Gasteiger partial charge in [0.15, 0.2) is 18.2 Å². The average molecular weight is 381 g/mol. The van der Waals surface area contributed by atoms with Crippen LogP contribution in [0.2, 0.25) is 0 Å². The van der Waals surface area contributed by atoms with Crippen molar-refractivity contribution in [1.82, 2.24) is 0 Å². The number of hydrogen-bond acceptors (Lipinski definition) is 5. The molecule has 2 saturated carbocycles. The largest absolute Gasteiger partial charge is 0.352 e. The maximum atomic E-state index is 6.50. The Morgan fingerprint density at radius 1 is 0.926 bits per heavy atom. The molecular weight excluding hydrogens is 344 g/mol. The highest BCUT2D eigenvalue weighted by Crippen LogP contribution is 2.60. The molecule has 1 spiro atoms. The molecule has 6 aliphatic rings. The molecule has 154 valence electrons. The zero-order valence-corrected chi connectivity index (χ0v) is 17.2. The lowest BCUT2D eigenvalue weighted by molar-refractivity contribution is -0.577. The lowest BCUT2D eigenvalue weighted by Gasteiger charge is -2.60. The smallest absolute Gasteiger partial charge is 0.201 e. The summed E-state index contributed by atoms with van der Waals surface area (Å²) in [5.74, 6) is 1.66. The number of rotatable bonds is 3. The van der Waals surface area contributed by atoms with E-state index in [1.54, 1.807) is 0 Å². The minimum Gasteiger partial charge on any atom is -0.352 e. The fourth-order valence-electron chi connectivity index (χ4n) is 6.65. The van der Waals surface area contributed by atoms with E-state index in [0.29, 0.717) is 23.7 Å². The molecule has 0 N–H and O–H groups in total. The highest BCUT2D eigenvalue weighted by Gasteiger charge is 2.69. The standard InChI is InChI=1S/C22H36O5/c1-14-9-10-18-15(2)19(23-13-16-7-5-4-6-8-16)24-20-22(18)17(14)11-12-21(3,25-20)26-27-22/h14-20H,4-13H2,1-3H3/t14-,15-,17?,18?,19?,20-,21-,22-/m1/s1. The van der Waals surface area contributed by atoms with Crippen LogP contribution in [0.15, 0.2) is 0 Å². The molecule has 8 atom stereocenters. The summed E-state index contributed by atoms with van der Waals surface area (Å²) in [4.78, 5) is 12.1. The van der Waals surface area contributed by atoms with Crippen molar-refractivity contribution < 1.29 is 24.0 Å². The summed E-state index contributed by atoms with van der Waals surface area (Å²) in [5.41, 5.74) is -0.474. The lowest BCUT2D eigenvalue weighted by atomic mass is 9.58. The van der Waals surface area contributed by atoms with Crippen molar-refractivity contribution in [2.24, 2.45) is 29.6 Å². The molecule has 0 aromatic carbocycles. The summed E-state index contributed by atoms with van der Waals surface area (Å²) in [7, 11) is 0. The van der Waals surface area contributed by atoms with E-state index >= 15 is 0 Å². The molecule has 5 nitrogen and oxygen atoms in total. The van der Waals surface area contributed by atoms with Gasteiger partial charge in [0, 0.05) is 18.3 Å². The van der Waals surface area contributed by atoms with Gasteiger partial charge in [-0.2, -0.15) is 0 Å². The predicted octanol–water partition coefficient (Wildman–Crippen LogP) is 4.79. The Morgan fingerprint density at radius 2 is 1.74 bits per heavy atom. The third-order valence-corrected chi connectivity index (χ3v) is 8.32. The van der Waals surface area contributed by atoms with Crippen molar-refractivity contribution in [2.75, 3.05) is 6.61 Å². The molecule has 0 amide bonds. The molecule has 4 aliphatic heterocycles. The Morgan fingerprint density at radius 3 is 2.56 bits per heavy atom. The molecule has 2 aliphatic carbocycles. The van der Waals surface area contributed by atoms with Gasteiger partial charge in [-0.25, -0.2) is 9.78 Å². The molecule has 4 heterocycles. The molecule has 2 bridgehead atoms. The molecular formula is C22H36O5. The minimum atomic E-state index is -0.702. The van der Waals surface area contributed by atoms with Crippen LogP contribution in [0.3, 0.4) is 0 Å². The summed E-state index contributed by atoms with van der Waals surface area (Å²) >= 11 is 0. The van der Waals surface area contributed by atoms with E-state index in [-0.39, 0.29) is 18.5 Å². The maximum Gasteiger partial charge on any atom is 0.201 e. The van der Waals surface area contributed by atoms with Crippen LogP contribution < -0.4 is 0 Å². The van der Waals surface area contributed by atoms with Crippen LogP contribution in [0.5, 0.6) is 0 Å². The van der Waals surface area contributed by atoms with Gasteiger partial charge in [0.2, 0.25) is 5.79 Å². The fraction of sp³-hybridized carbons (Fsp3) is 1.00. The second-order valence-corrected chi connectivity index (χ2v) is 10.1. The van der Waals surface area contributed by atoms with Crippen molar-refractivity contribution in [3.05, 3.63) is 0 Å². The van der Waals surface area contributed by atoms with Gasteiger partial charge >= 0.3 is 0 Å². The first kappa shape index (κ1) is 18.8. The molecule has 0 radical (unpaired) electrons. The van der Waals surface area contributed by atoms with E-state index in [9.17, 15) is 0 Å². The van der Waals surface area contributed by atoms with E-state index < -0.39 is 11.4 Å². The summed E-state index contributed by atoms with van der Waals surface area (Å²) in [6, 6.07) is 0. The number of fused-ring (bicyclic) bond motifs is 2. The van der Waals surface area contributed by atoms with Crippen LogP contribution in [0.4, 0.5) is 0 Å². The van der Waals surface area contributed by atoms with Gasteiger partial charge in [-0.3, -0.25) is 0 Å². The molecule has 0 aromatic heterocycles.